The predicted octanol–water partition coefficient (Wildman–Crippen LogP) is 3.90. The third-order valence-corrected chi connectivity index (χ3v) is 5.30. The zero-order valence-corrected chi connectivity index (χ0v) is 16.8. The number of rotatable bonds is 7. The molecule has 0 radical (unpaired) electrons. The number of carbonyl (C=O) groups is 1. The lowest BCUT2D eigenvalue weighted by atomic mass is 10.1. The van der Waals surface area contributed by atoms with Gasteiger partial charge in [0, 0.05) is 11.8 Å². The molecule has 0 heterocycles. The number of hydrogen-bond acceptors (Lipinski definition) is 4. The van der Waals surface area contributed by atoms with Crippen molar-refractivity contribution in [3.8, 4) is 5.75 Å². The van der Waals surface area contributed by atoms with Crippen molar-refractivity contribution < 1.29 is 31.1 Å². The quantitative estimate of drug-likeness (QED) is 0.723. The number of amides is 1. The number of benzene rings is 2. The number of alkyl halides is 3. The summed E-state index contributed by atoms with van der Waals surface area (Å²) in [5.74, 6) is -0.255. The average Bonchev–Trinajstić information content (AvgIpc) is 2.64. The van der Waals surface area contributed by atoms with Gasteiger partial charge in [-0.1, -0.05) is 13.0 Å². The number of methoxy groups -OCH3 is 1. The maximum absolute atomic E-state index is 12.8. The van der Waals surface area contributed by atoms with Crippen molar-refractivity contribution in [1.82, 2.24) is 0 Å². The standard InChI is InChI=1S/C19H21F3N2O4S/c1-4-17(18(25)23-14-10-8-13(9-11-14)19(20,21)22)24(29(3,26)27)15-6-5-7-16(12-15)28-2/h5-12,17H,4H2,1-3H3,(H,23,25). The lowest BCUT2D eigenvalue weighted by Gasteiger charge is -2.30. The molecule has 10 heteroatoms. The molecular formula is C19H21F3N2O4S. The minimum Gasteiger partial charge on any atom is -0.497 e. The highest BCUT2D eigenvalue weighted by atomic mass is 32.2. The van der Waals surface area contributed by atoms with Crippen molar-refractivity contribution in [3.05, 3.63) is 54.1 Å². The Balaban J connectivity index is 2.33. The van der Waals surface area contributed by atoms with Gasteiger partial charge in [0.1, 0.15) is 11.8 Å². The number of nitrogens with one attached hydrogen (secondary N) is 1. The van der Waals surface area contributed by atoms with Crippen molar-refractivity contribution >= 4 is 27.3 Å². The van der Waals surface area contributed by atoms with Crippen LogP contribution < -0.4 is 14.4 Å². The smallest absolute Gasteiger partial charge is 0.416 e. The fourth-order valence-electron chi connectivity index (χ4n) is 2.78. The third-order valence-electron chi connectivity index (χ3n) is 4.12. The van der Waals surface area contributed by atoms with Gasteiger partial charge in [-0.3, -0.25) is 9.10 Å². The van der Waals surface area contributed by atoms with E-state index in [9.17, 15) is 26.4 Å². The van der Waals surface area contributed by atoms with Gasteiger partial charge in [0.2, 0.25) is 15.9 Å². The van der Waals surface area contributed by atoms with Crippen molar-refractivity contribution in [2.75, 3.05) is 23.0 Å². The molecule has 2 rings (SSSR count). The maximum Gasteiger partial charge on any atom is 0.416 e. The second-order valence-corrected chi connectivity index (χ2v) is 8.11. The fourth-order valence-corrected chi connectivity index (χ4v) is 3.98. The van der Waals surface area contributed by atoms with Gasteiger partial charge >= 0.3 is 6.18 Å². The topological polar surface area (TPSA) is 75.7 Å². The zero-order valence-electron chi connectivity index (χ0n) is 16.0. The van der Waals surface area contributed by atoms with Gasteiger partial charge in [0.05, 0.1) is 24.6 Å². The molecule has 0 spiro atoms. The summed E-state index contributed by atoms with van der Waals surface area (Å²) < 4.78 is 69.0. The first-order valence-electron chi connectivity index (χ1n) is 8.59. The molecule has 0 bridgehead atoms. The van der Waals surface area contributed by atoms with Crippen LogP contribution in [0.25, 0.3) is 0 Å². The molecule has 2 aromatic rings. The van der Waals surface area contributed by atoms with Gasteiger partial charge in [-0.15, -0.1) is 0 Å². The summed E-state index contributed by atoms with van der Waals surface area (Å²) in [6.07, 6.45) is -3.38. The van der Waals surface area contributed by atoms with E-state index in [2.05, 4.69) is 5.32 Å². The Labute approximate surface area is 167 Å². The Bertz CT molecular complexity index is 960. The van der Waals surface area contributed by atoms with Crippen LogP contribution in [0, 0.1) is 0 Å². The summed E-state index contributed by atoms with van der Waals surface area (Å²) in [7, 11) is -2.42. The van der Waals surface area contributed by atoms with E-state index >= 15 is 0 Å². The largest absolute Gasteiger partial charge is 0.497 e. The zero-order chi connectivity index (χ0) is 21.8. The molecule has 1 N–H and O–H groups in total. The molecule has 6 nitrogen and oxygen atoms in total. The Kier molecular flexibility index (Phi) is 6.78. The Morgan fingerprint density at radius 3 is 2.28 bits per heavy atom. The van der Waals surface area contributed by atoms with Gasteiger partial charge in [0.15, 0.2) is 0 Å². The Morgan fingerprint density at radius 2 is 1.79 bits per heavy atom. The lowest BCUT2D eigenvalue weighted by Crippen LogP contribution is -2.47. The molecule has 0 saturated heterocycles. The maximum atomic E-state index is 12.8. The first kappa shape index (κ1) is 22.5. The molecule has 1 amide bonds. The van der Waals surface area contributed by atoms with Gasteiger partial charge in [-0.2, -0.15) is 13.2 Å². The second-order valence-electron chi connectivity index (χ2n) is 6.25. The van der Waals surface area contributed by atoms with Crippen LogP contribution in [0.4, 0.5) is 24.5 Å². The highest BCUT2D eigenvalue weighted by Gasteiger charge is 2.32. The summed E-state index contributed by atoms with van der Waals surface area (Å²) in [5, 5.41) is 2.48. The van der Waals surface area contributed by atoms with E-state index in [-0.39, 0.29) is 17.8 Å². The number of hydrogen-bond donors (Lipinski definition) is 1. The predicted molar refractivity (Wildman–Crippen MR) is 104 cm³/mol. The van der Waals surface area contributed by atoms with E-state index in [0.29, 0.717) is 5.75 Å². The number of halogens is 3. The van der Waals surface area contributed by atoms with Crippen molar-refractivity contribution in [1.29, 1.82) is 0 Å². The lowest BCUT2D eigenvalue weighted by molar-refractivity contribution is -0.137. The van der Waals surface area contributed by atoms with Gasteiger partial charge in [0.25, 0.3) is 0 Å². The summed E-state index contributed by atoms with van der Waals surface area (Å²) >= 11 is 0. The highest BCUT2D eigenvalue weighted by Crippen LogP contribution is 2.30. The number of sulfonamides is 1. The van der Waals surface area contributed by atoms with Crippen LogP contribution in [-0.2, 0) is 21.0 Å². The SMILES string of the molecule is CCC(C(=O)Nc1ccc(C(F)(F)F)cc1)N(c1cccc(OC)c1)S(C)(=O)=O. The van der Waals surface area contributed by atoms with E-state index in [1.807, 2.05) is 0 Å². The van der Waals surface area contributed by atoms with Crippen LogP contribution >= 0.6 is 0 Å². The van der Waals surface area contributed by atoms with Gasteiger partial charge < -0.3 is 10.1 Å². The molecule has 0 saturated carbocycles. The summed E-state index contributed by atoms with van der Waals surface area (Å²) in [6.45, 7) is 1.63. The highest BCUT2D eigenvalue weighted by molar-refractivity contribution is 7.92. The minimum atomic E-state index is -4.49. The number of anilines is 2. The molecule has 1 atom stereocenters. The number of carbonyl (C=O) groups excluding carboxylic acids is 1. The normalized spacial score (nSPS) is 12.9. The summed E-state index contributed by atoms with van der Waals surface area (Å²) in [6, 6.07) is 9.03. The van der Waals surface area contributed by atoms with Crippen molar-refractivity contribution in [2.24, 2.45) is 0 Å². The molecule has 2 aromatic carbocycles. The fraction of sp³-hybridized carbons (Fsp3) is 0.316. The average molecular weight is 430 g/mol. The van der Waals surface area contributed by atoms with E-state index in [1.54, 1.807) is 19.1 Å². The molecule has 0 aromatic heterocycles. The Morgan fingerprint density at radius 1 is 1.17 bits per heavy atom. The summed E-state index contributed by atoms with van der Waals surface area (Å²) in [5.41, 5.74) is -0.488. The molecule has 158 valence electrons. The first-order valence-corrected chi connectivity index (χ1v) is 10.4. The monoisotopic (exact) mass is 430 g/mol. The van der Waals surface area contributed by atoms with Crippen LogP contribution in [0.15, 0.2) is 48.5 Å². The van der Waals surface area contributed by atoms with Crippen molar-refractivity contribution in [2.45, 2.75) is 25.6 Å². The molecule has 1 unspecified atom stereocenters. The van der Waals surface area contributed by atoms with Gasteiger partial charge in [-0.05, 0) is 42.8 Å². The van der Waals surface area contributed by atoms with Crippen molar-refractivity contribution in [3.63, 3.8) is 0 Å². The molecule has 29 heavy (non-hydrogen) atoms. The van der Waals surface area contributed by atoms with E-state index in [0.717, 1.165) is 34.8 Å². The van der Waals surface area contributed by atoms with E-state index in [1.165, 1.54) is 19.2 Å². The second kappa shape index (κ2) is 8.73. The number of ether oxygens (including phenoxy) is 1. The third kappa shape index (κ3) is 5.63. The van der Waals surface area contributed by atoms with Crippen LogP contribution in [0.3, 0.4) is 0 Å². The number of nitrogens with zero attached hydrogens (tertiary/aromatic N) is 1. The summed E-state index contributed by atoms with van der Waals surface area (Å²) in [4.78, 5) is 12.8. The van der Waals surface area contributed by atoms with Crippen LogP contribution in [0.5, 0.6) is 5.75 Å². The van der Waals surface area contributed by atoms with E-state index in [4.69, 9.17) is 4.74 Å². The molecule has 0 aliphatic carbocycles. The van der Waals surface area contributed by atoms with Crippen LogP contribution in [-0.4, -0.2) is 33.7 Å². The molecular weight excluding hydrogens is 409 g/mol. The minimum absolute atomic E-state index is 0.126. The van der Waals surface area contributed by atoms with Gasteiger partial charge in [-0.25, -0.2) is 8.42 Å². The molecule has 0 aliphatic rings. The first-order chi connectivity index (χ1) is 13.5. The van der Waals surface area contributed by atoms with Crippen LogP contribution in [0.1, 0.15) is 18.9 Å². The van der Waals surface area contributed by atoms with E-state index < -0.39 is 33.7 Å². The molecule has 0 fully saturated rings. The molecule has 0 aliphatic heterocycles. The Hall–Kier alpha value is -2.75. The van der Waals surface area contributed by atoms with Crippen LogP contribution in [0.2, 0.25) is 0 Å².